The molecule has 0 bridgehead atoms. The zero-order valence-electron chi connectivity index (χ0n) is 24.3. The number of imide groups is 1. The van der Waals surface area contributed by atoms with E-state index < -0.39 is 29.7 Å². The van der Waals surface area contributed by atoms with E-state index in [1.807, 2.05) is 24.3 Å². The van der Waals surface area contributed by atoms with Crippen molar-refractivity contribution in [3.05, 3.63) is 91.0 Å². The fraction of sp³-hybridized carbons (Fsp3) is 0.0968. The third-order valence-corrected chi connectivity index (χ3v) is 6.08. The van der Waals surface area contributed by atoms with Crippen LogP contribution in [0.3, 0.4) is 0 Å². The summed E-state index contributed by atoms with van der Waals surface area (Å²) in [5.41, 5.74) is 1.47. The lowest BCUT2D eigenvalue weighted by Gasteiger charge is -2.13. The molecule has 14 nitrogen and oxygen atoms in total. The zero-order chi connectivity index (χ0) is 33.2. The number of benzene rings is 3. The van der Waals surface area contributed by atoms with Gasteiger partial charge < -0.3 is 29.7 Å². The van der Waals surface area contributed by atoms with Crippen LogP contribution in [0.15, 0.2) is 85.2 Å². The topological polar surface area (TPSA) is 191 Å². The van der Waals surface area contributed by atoms with Gasteiger partial charge in [0.05, 0.1) is 31.4 Å². The fourth-order valence-electron chi connectivity index (χ4n) is 4.08. The molecule has 0 atom stereocenters. The summed E-state index contributed by atoms with van der Waals surface area (Å²) in [4.78, 5) is 48.0. The summed E-state index contributed by atoms with van der Waals surface area (Å²) in [5, 5.41) is 25.9. The molecule has 5 rings (SSSR count). The second-order valence-electron chi connectivity index (χ2n) is 9.15. The number of ether oxygens (including phenoxy) is 3. The van der Waals surface area contributed by atoms with Crippen molar-refractivity contribution in [2.24, 2.45) is 0 Å². The van der Waals surface area contributed by atoms with Gasteiger partial charge in [0.25, 0.3) is 0 Å². The van der Waals surface area contributed by atoms with Gasteiger partial charge in [0, 0.05) is 46.9 Å². The van der Waals surface area contributed by atoms with Crippen molar-refractivity contribution in [3.8, 4) is 23.0 Å². The number of para-hydroxylation sites is 1. The number of anilines is 1. The van der Waals surface area contributed by atoms with Crippen LogP contribution in [-0.2, 0) is 20.9 Å². The molecule has 4 N–H and O–H groups in total. The number of aliphatic carboxylic acids is 2. The average molecular weight is 632 g/mol. The van der Waals surface area contributed by atoms with Crippen molar-refractivity contribution in [1.82, 2.24) is 20.1 Å². The Hall–Kier alpha value is -6.51. The maximum absolute atomic E-state index is 14.9. The van der Waals surface area contributed by atoms with Gasteiger partial charge in [-0.1, -0.05) is 18.2 Å². The molecule has 5 aromatic rings. The Morgan fingerprint density at radius 3 is 2.26 bits per heavy atom. The maximum atomic E-state index is 14.9. The minimum atomic E-state index is -1.26. The average Bonchev–Trinajstić information content (AvgIpc) is 3.43. The number of halogens is 1. The number of carboxylic acid groups (broad SMARTS) is 2. The van der Waals surface area contributed by atoms with Crippen molar-refractivity contribution >= 4 is 51.4 Å². The lowest BCUT2D eigenvalue weighted by molar-refractivity contribution is -0.134. The van der Waals surface area contributed by atoms with Gasteiger partial charge in [0.1, 0.15) is 12.3 Å². The Bertz CT molecular complexity index is 1940. The Morgan fingerprint density at radius 1 is 0.891 bits per heavy atom. The van der Waals surface area contributed by atoms with E-state index in [0.29, 0.717) is 40.3 Å². The van der Waals surface area contributed by atoms with Gasteiger partial charge in [-0.3, -0.25) is 19.8 Å². The lowest BCUT2D eigenvalue weighted by Crippen LogP contribution is -2.36. The molecule has 0 aliphatic carbocycles. The minimum absolute atomic E-state index is 0.0696. The highest BCUT2D eigenvalue weighted by atomic mass is 19.1. The van der Waals surface area contributed by atoms with Crippen molar-refractivity contribution in [2.45, 2.75) is 6.54 Å². The first-order valence-corrected chi connectivity index (χ1v) is 13.2. The highest BCUT2D eigenvalue weighted by Gasteiger charge is 2.15. The number of methoxy groups -OCH3 is 2. The predicted molar refractivity (Wildman–Crippen MR) is 163 cm³/mol. The van der Waals surface area contributed by atoms with E-state index in [1.54, 1.807) is 24.4 Å². The summed E-state index contributed by atoms with van der Waals surface area (Å²) in [5.74, 6) is -2.55. The summed E-state index contributed by atoms with van der Waals surface area (Å²) in [6.07, 6.45) is 4.28. The number of carbonyl (C=O) groups is 4. The molecule has 0 spiro atoms. The van der Waals surface area contributed by atoms with E-state index in [9.17, 15) is 23.6 Å². The quantitative estimate of drug-likeness (QED) is 0.166. The zero-order valence-corrected chi connectivity index (χ0v) is 24.3. The fourth-order valence-corrected chi connectivity index (χ4v) is 4.08. The number of urea groups is 1. The number of fused-ring (bicyclic) bond motifs is 2. The molecule has 0 radical (unpaired) electrons. The molecule has 2 aromatic heterocycles. The van der Waals surface area contributed by atoms with E-state index in [1.165, 1.54) is 37.2 Å². The first kappa shape index (κ1) is 32.4. The summed E-state index contributed by atoms with van der Waals surface area (Å²) in [6.45, 7) is -0.154. The number of nitrogens with one attached hydrogen (secondary N) is 2. The van der Waals surface area contributed by atoms with Crippen LogP contribution in [0, 0.1) is 5.82 Å². The van der Waals surface area contributed by atoms with Crippen LogP contribution in [0.5, 0.6) is 23.0 Å². The van der Waals surface area contributed by atoms with Crippen LogP contribution in [0.25, 0.3) is 21.8 Å². The van der Waals surface area contributed by atoms with Gasteiger partial charge in [-0.25, -0.2) is 18.8 Å². The molecule has 0 fully saturated rings. The molecule has 2 heterocycles. The molecule has 3 aromatic carbocycles. The van der Waals surface area contributed by atoms with Crippen molar-refractivity contribution in [1.29, 1.82) is 0 Å². The van der Waals surface area contributed by atoms with Gasteiger partial charge in [0.2, 0.25) is 5.91 Å². The summed E-state index contributed by atoms with van der Waals surface area (Å²) in [6, 6.07) is 15.5. The van der Waals surface area contributed by atoms with E-state index in [2.05, 4.69) is 20.7 Å². The van der Waals surface area contributed by atoms with Gasteiger partial charge in [-0.15, -0.1) is 0 Å². The van der Waals surface area contributed by atoms with Crippen molar-refractivity contribution in [2.75, 3.05) is 19.5 Å². The first-order valence-electron chi connectivity index (χ1n) is 13.2. The third-order valence-electron chi connectivity index (χ3n) is 6.08. The molecule has 236 valence electrons. The summed E-state index contributed by atoms with van der Waals surface area (Å²) < 4.78 is 32.8. The van der Waals surface area contributed by atoms with Gasteiger partial charge in [-0.05, 0) is 30.3 Å². The monoisotopic (exact) mass is 631 g/mol. The van der Waals surface area contributed by atoms with Gasteiger partial charge in [-0.2, -0.15) is 5.10 Å². The number of amides is 3. The smallest absolute Gasteiger partial charge is 0.328 e. The van der Waals surface area contributed by atoms with E-state index in [4.69, 9.17) is 24.4 Å². The minimum Gasteiger partial charge on any atom is -0.493 e. The Labute approximate surface area is 259 Å². The first-order chi connectivity index (χ1) is 22.1. The van der Waals surface area contributed by atoms with E-state index >= 15 is 0 Å². The van der Waals surface area contributed by atoms with Gasteiger partial charge >= 0.3 is 18.0 Å². The van der Waals surface area contributed by atoms with Crippen LogP contribution in [0.2, 0.25) is 0 Å². The maximum Gasteiger partial charge on any atom is 0.328 e. The third kappa shape index (κ3) is 8.31. The Morgan fingerprint density at radius 2 is 1.59 bits per heavy atom. The largest absolute Gasteiger partial charge is 0.493 e. The van der Waals surface area contributed by atoms with E-state index in [0.717, 1.165) is 17.0 Å². The van der Waals surface area contributed by atoms with Crippen molar-refractivity contribution < 1.29 is 48.0 Å². The van der Waals surface area contributed by atoms with E-state index in [-0.39, 0.29) is 18.0 Å². The van der Waals surface area contributed by atoms with Crippen LogP contribution in [0.4, 0.5) is 14.9 Å². The number of aromatic nitrogens is 3. The molecule has 0 unspecified atom stereocenters. The standard InChI is InChI=1S/C27H22FN5O5.C4H4O4/c1-36-24-12-18-20(13-25(24)37-2)29-10-9-22(18)38-23-8-7-17(11-19(23)28)31-27(35)32-26(34)15-33-21-6-4-3-5-16(21)14-30-33;5-3(6)1-2-4(7)8/h3-14H,15H2,1-2H3,(H2,31,32,34,35);1-2H,(H,5,6)(H,7,8)/b;2-1+. The molecular formula is C31H26FN5O9. The van der Waals surface area contributed by atoms with Crippen LogP contribution in [0.1, 0.15) is 0 Å². The van der Waals surface area contributed by atoms with Gasteiger partial charge in [0.15, 0.2) is 23.1 Å². The molecule has 0 saturated heterocycles. The number of carbonyl (C=O) groups excluding carboxylic acids is 2. The number of hydrogen-bond acceptors (Lipinski definition) is 9. The molecule has 0 aliphatic heterocycles. The normalized spacial score (nSPS) is 10.6. The highest BCUT2D eigenvalue weighted by molar-refractivity contribution is 6.01. The Balaban J connectivity index is 0.000000533. The molecular weight excluding hydrogens is 605 g/mol. The molecule has 46 heavy (non-hydrogen) atoms. The SMILES string of the molecule is COc1cc2nccc(Oc3ccc(NC(=O)NC(=O)Cn4ncc5ccccc54)cc3F)c2cc1OC.O=C(O)/C=C/C(=O)O. The molecule has 0 aliphatic rings. The summed E-state index contributed by atoms with van der Waals surface area (Å²) >= 11 is 0. The molecule has 15 heteroatoms. The number of hydrogen-bond donors (Lipinski definition) is 4. The highest BCUT2D eigenvalue weighted by Crippen LogP contribution is 2.37. The number of carboxylic acids is 2. The number of rotatable bonds is 9. The second-order valence-corrected chi connectivity index (χ2v) is 9.15. The number of nitrogens with zero attached hydrogens (tertiary/aromatic N) is 3. The van der Waals surface area contributed by atoms with Crippen LogP contribution < -0.4 is 24.8 Å². The summed E-state index contributed by atoms with van der Waals surface area (Å²) in [7, 11) is 3.03. The number of pyridine rings is 1. The van der Waals surface area contributed by atoms with Crippen molar-refractivity contribution in [3.63, 3.8) is 0 Å². The molecule has 0 saturated carbocycles. The molecule has 3 amide bonds. The predicted octanol–water partition coefficient (Wildman–Crippen LogP) is 4.59. The Kier molecular flexibility index (Phi) is 10.4. The second kappa shape index (κ2) is 14.8. The van der Waals surface area contributed by atoms with Crippen LogP contribution in [-0.4, -0.2) is 63.1 Å². The lowest BCUT2D eigenvalue weighted by atomic mass is 10.2. The van der Waals surface area contributed by atoms with Crippen LogP contribution >= 0.6 is 0 Å².